The molecule has 1 amide bonds. The summed E-state index contributed by atoms with van der Waals surface area (Å²) in [5.41, 5.74) is 5.45. The Morgan fingerprint density at radius 3 is 2.51 bits per heavy atom. The monoisotopic (exact) mass is 496 g/mol. The molecule has 37 heavy (non-hydrogen) atoms. The van der Waals surface area contributed by atoms with Crippen LogP contribution in [0.15, 0.2) is 78.9 Å². The molecule has 0 saturated carbocycles. The standard InChI is InChI=1S/C31H29FN2O3/c32-27-13-10-21(11-14-27)25-16-17-34(20-25)31(37)24-12-15-28-26(19-24)18-23(8-4-5-9-29(35)36)30(33-28)22-6-2-1-3-7-22/h1-3,6-7,10-15,18-19,25H,4-5,8-9,16-17,20H2,(H,35,36). The minimum Gasteiger partial charge on any atom is -0.481 e. The van der Waals surface area contributed by atoms with E-state index in [0.29, 0.717) is 31.5 Å². The molecule has 1 saturated heterocycles. The number of fused-ring (bicyclic) bond motifs is 1. The number of unbranched alkanes of at least 4 members (excludes halogenated alkanes) is 1. The van der Waals surface area contributed by atoms with Crippen LogP contribution in [-0.2, 0) is 11.2 Å². The predicted molar refractivity (Wildman–Crippen MR) is 142 cm³/mol. The summed E-state index contributed by atoms with van der Waals surface area (Å²) in [5, 5.41) is 9.88. The average Bonchev–Trinajstić information content (AvgIpc) is 3.41. The van der Waals surface area contributed by atoms with Crippen molar-refractivity contribution in [2.75, 3.05) is 13.1 Å². The second kappa shape index (κ2) is 10.9. The van der Waals surface area contributed by atoms with Crippen molar-refractivity contribution in [1.29, 1.82) is 0 Å². The summed E-state index contributed by atoms with van der Waals surface area (Å²) in [6.45, 7) is 1.28. The number of aromatic nitrogens is 1. The molecule has 6 heteroatoms. The summed E-state index contributed by atoms with van der Waals surface area (Å²) in [7, 11) is 0. The first-order valence-corrected chi connectivity index (χ1v) is 12.7. The van der Waals surface area contributed by atoms with E-state index in [2.05, 4.69) is 6.07 Å². The highest BCUT2D eigenvalue weighted by Gasteiger charge is 2.28. The third kappa shape index (κ3) is 5.69. The molecule has 5 nitrogen and oxygen atoms in total. The number of rotatable bonds is 8. The van der Waals surface area contributed by atoms with Gasteiger partial charge in [-0.2, -0.15) is 0 Å². The first-order chi connectivity index (χ1) is 18.0. The highest BCUT2D eigenvalue weighted by molar-refractivity contribution is 5.98. The van der Waals surface area contributed by atoms with E-state index < -0.39 is 5.97 Å². The van der Waals surface area contributed by atoms with Crippen molar-refractivity contribution < 1.29 is 19.1 Å². The van der Waals surface area contributed by atoms with Crippen LogP contribution in [-0.4, -0.2) is 40.0 Å². The molecule has 1 aliphatic heterocycles. The predicted octanol–water partition coefficient (Wildman–Crippen LogP) is 6.47. The lowest BCUT2D eigenvalue weighted by Gasteiger charge is -2.18. The highest BCUT2D eigenvalue weighted by Crippen LogP contribution is 2.30. The molecule has 1 fully saturated rings. The minimum absolute atomic E-state index is 0.0124. The Balaban J connectivity index is 1.39. The fourth-order valence-corrected chi connectivity index (χ4v) is 5.12. The summed E-state index contributed by atoms with van der Waals surface area (Å²) in [6.07, 6.45) is 3.06. The van der Waals surface area contributed by atoms with Crippen molar-refractivity contribution >= 4 is 22.8 Å². The van der Waals surface area contributed by atoms with E-state index in [4.69, 9.17) is 10.1 Å². The number of carbonyl (C=O) groups is 2. The smallest absolute Gasteiger partial charge is 0.303 e. The Hall–Kier alpha value is -4.06. The van der Waals surface area contributed by atoms with Crippen LogP contribution >= 0.6 is 0 Å². The van der Waals surface area contributed by atoms with Gasteiger partial charge in [-0.1, -0.05) is 42.5 Å². The second-order valence-electron chi connectivity index (χ2n) is 9.66. The summed E-state index contributed by atoms with van der Waals surface area (Å²) in [4.78, 5) is 31.1. The Morgan fingerprint density at radius 2 is 1.76 bits per heavy atom. The number of pyridine rings is 1. The van der Waals surface area contributed by atoms with Crippen molar-refractivity contribution in [3.8, 4) is 11.3 Å². The van der Waals surface area contributed by atoms with Crippen molar-refractivity contribution in [2.45, 2.75) is 38.0 Å². The molecule has 3 aromatic carbocycles. The Bertz CT molecular complexity index is 1420. The maximum absolute atomic E-state index is 13.4. The van der Waals surface area contributed by atoms with Gasteiger partial charge in [-0.25, -0.2) is 9.37 Å². The third-order valence-electron chi connectivity index (χ3n) is 7.09. The number of benzene rings is 3. The molecule has 0 spiro atoms. The zero-order valence-electron chi connectivity index (χ0n) is 20.6. The number of halogens is 1. The van der Waals surface area contributed by atoms with Gasteiger partial charge in [0.25, 0.3) is 5.91 Å². The number of nitrogens with zero attached hydrogens (tertiary/aromatic N) is 2. The zero-order valence-corrected chi connectivity index (χ0v) is 20.6. The Labute approximate surface area is 215 Å². The van der Waals surface area contributed by atoms with E-state index in [9.17, 15) is 14.0 Å². The quantitative estimate of drug-likeness (QED) is 0.284. The zero-order chi connectivity index (χ0) is 25.8. The Morgan fingerprint density at radius 1 is 0.973 bits per heavy atom. The van der Waals surface area contributed by atoms with Crippen molar-refractivity contribution in [3.63, 3.8) is 0 Å². The fourth-order valence-electron chi connectivity index (χ4n) is 5.12. The van der Waals surface area contributed by atoms with Gasteiger partial charge in [-0.05, 0) is 73.2 Å². The number of aliphatic carboxylic acids is 1. The van der Waals surface area contributed by atoms with Gasteiger partial charge >= 0.3 is 5.97 Å². The van der Waals surface area contributed by atoms with E-state index in [1.807, 2.05) is 53.4 Å². The summed E-state index contributed by atoms with van der Waals surface area (Å²) >= 11 is 0. The number of amides is 1. The van der Waals surface area contributed by atoms with Crippen LogP contribution in [0.3, 0.4) is 0 Å². The molecule has 1 N–H and O–H groups in total. The number of carboxylic acid groups (broad SMARTS) is 1. The molecule has 1 aliphatic rings. The van der Waals surface area contributed by atoms with Crippen LogP contribution in [0.4, 0.5) is 4.39 Å². The Kier molecular flexibility index (Phi) is 7.26. The molecule has 1 aromatic heterocycles. The molecule has 5 rings (SSSR count). The fraction of sp³-hybridized carbons (Fsp3) is 0.258. The van der Waals surface area contributed by atoms with Crippen LogP contribution in [0, 0.1) is 5.82 Å². The lowest BCUT2D eigenvalue weighted by atomic mass is 9.98. The molecule has 0 radical (unpaired) electrons. The molecule has 1 unspecified atom stereocenters. The largest absolute Gasteiger partial charge is 0.481 e. The van der Waals surface area contributed by atoms with Crippen LogP contribution in [0.1, 0.15) is 53.1 Å². The van der Waals surface area contributed by atoms with Gasteiger partial charge in [0.05, 0.1) is 11.2 Å². The number of hydrogen-bond acceptors (Lipinski definition) is 3. The van der Waals surface area contributed by atoms with E-state index in [-0.39, 0.29) is 24.1 Å². The number of aryl methyl sites for hydroxylation is 1. The van der Waals surface area contributed by atoms with Gasteiger partial charge in [-0.3, -0.25) is 9.59 Å². The SMILES string of the molecule is O=C(O)CCCCc1cc2cc(C(=O)N3CCC(c4ccc(F)cc4)C3)ccc2nc1-c1ccccc1. The van der Waals surface area contributed by atoms with Crippen LogP contribution in [0.25, 0.3) is 22.2 Å². The number of likely N-dealkylation sites (tertiary alicyclic amines) is 1. The molecular formula is C31H29FN2O3. The van der Waals surface area contributed by atoms with Gasteiger partial charge in [-0.15, -0.1) is 0 Å². The van der Waals surface area contributed by atoms with Gasteiger partial charge in [0.1, 0.15) is 5.82 Å². The molecule has 2 heterocycles. The molecule has 1 atom stereocenters. The van der Waals surface area contributed by atoms with E-state index in [1.165, 1.54) is 12.1 Å². The lowest BCUT2D eigenvalue weighted by molar-refractivity contribution is -0.137. The van der Waals surface area contributed by atoms with Gasteiger partial charge in [0.15, 0.2) is 0 Å². The van der Waals surface area contributed by atoms with Gasteiger partial charge < -0.3 is 10.0 Å². The van der Waals surface area contributed by atoms with Crippen molar-refractivity contribution in [3.05, 3.63) is 101 Å². The molecule has 4 aromatic rings. The highest BCUT2D eigenvalue weighted by atomic mass is 19.1. The van der Waals surface area contributed by atoms with Crippen LogP contribution in [0.5, 0.6) is 0 Å². The molecular weight excluding hydrogens is 467 g/mol. The topological polar surface area (TPSA) is 70.5 Å². The van der Waals surface area contributed by atoms with Gasteiger partial charge in [0, 0.05) is 41.9 Å². The summed E-state index contributed by atoms with van der Waals surface area (Å²) < 4.78 is 13.3. The molecule has 0 bridgehead atoms. The van der Waals surface area contributed by atoms with Crippen LogP contribution < -0.4 is 0 Å². The minimum atomic E-state index is -0.786. The number of carboxylic acids is 1. The normalized spacial score (nSPS) is 15.3. The average molecular weight is 497 g/mol. The van der Waals surface area contributed by atoms with Crippen molar-refractivity contribution in [1.82, 2.24) is 9.88 Å². The second-order valence-corrected chi connectivity index (χ2v) is 9.66. The number of hydrogen-bond donors (Lipinski definition) is 1. The van der Waals surface area contributed by atoms with Crippen molar-refractivity contribution in [2.24, 2.45) is 0 Å². The molecule has 188 valence electrons. The third-order valence-corrected chi connectivity index (χ3v) is 7.09. The maximum Gasteiger partial charge on any atom is 0.303 e. The molecule has 0 aliphatic carbocycles. The summed E-state index contributed by atoms with van der Waals surface area (Å²) in [5.74, 6) is -0.845. The maximum atomic E-state index is 13.4. The van der Waals surface area contributed by atoms with E-state index in [1.54, 1.807) is 12.1 Å². The first kappa shape index (κ1) is 24.6. The summed E-state index contributed by atoms with van der Waals surface area (Å²) in [6, 6.07) is 24.3. The first-order valence-electron chi connectivity index (χ1n) is 12.7. The van der Waals surface area contributed by atoms with E-state index in [0.717, 1.165) is 46.1 Å². The lowest BCUT2D eigenvalue weighted by Crippen LogP contribution is -2.28. The van der Waals surface area contributed by atoms with E-state index >= 15 is 0 Å². The van der Waals surface area contributed by atoms with Crippen LogP contribution in [0.2, 0.25) is 0 Å². The number of carbonyl (C=O) groups excluding carboxylic acids is 1. The van der Waals surface area contributed by atoms with Gasteiger partial charge in [0.2, 0.25) is 0 Å².